The van der Waals surface area contributed by atoms with Crippen LogP contribution in [0.1, 0.15) is 37.8 Å². The predicted octanol–water partition coefficient (Wildman–Crippen LogP) is 3.64. The number of hydrogen-bond donors (Lipinski definition) is 1. The van der Waals surface area contributed by atoms with Crippen molar-refractivity contribution >= 4 is 25.8 Å². The molecule has 0 bridgehead atoms. The lowest BCUT2D eigenvalue weighted by Gasteiger charge is -2.08. The van der Waals surface area contributed by atoms with Crippen LogP contribution in [0.4, 0.5) is 0 Å². The quantitative estimate of drug-likeness (QED) is 0.901. The molecule has 0 aliphatic rings. The van der Waals surface area contributed by atoms with Crippen molar-refractivity contribution in [1.29, 1.82) is 0 Å². The summed E-state index contributed by atoms with van der Waals surface area (Å²) in [6.07, 6.45) is 1.52. The zero-order valence-corrected chi connectivity index (χ0v) is 14.4. The Morgan fingerprint density at radius 3 is 1.95 bits per heavy atom. The first-order valence-electron chi connectivity index (χ1n) is 6.40. The van der Waals surface area contributed by atoms with Crippen LogP contribution >= 0.6 is 15.9 Å². The minimum Gasteiger partial charge on any atom is -0.396 e. The summed E-state index contributed by atoms with van der Waals surface area (Å²) in [6.45, 7) is 7.87. The van der Waals surface area contributed by atoms with Crippen LogP contribution in [0.2, 0.25) is 0 Å². The first-order chi connectivity index (χ1) is 8.80. The summed E-state index contributed by atoms with van der Waals surface area (Å²) in [4.78, 5) is 0.333. The molecule has 0 aliphatic carbocycles. The topological polar surface area (TPSA) is 54.4 Å². The second-order valence-electron chi connectivity index (χ2n) is 4.47. The molecule has 0 aromatic heterocycles. The molecule has 0 spiro atoms. The number of aliphatic hydroxyl groups is 1. The Bertz CT molecular complexity index is 472. The van der Waals surface area contributed by atoms with E-state index in [1.54, 1.807) is 12.1 Å². The number of hydrogen-bond acceptors (Lipinski definition) is 3. The largest absolute Gasteiger partial charge is 0.396 e. The monoisotopic (exact) mass is 350 g/mol. The molecule has 1 N–H and O–H groups in total. The van der Waals surface area contributed by atoms with Crippen molar-refractivity contribution in [2.24, 2.45) is 0 Å². The van der Waals surface area contributed by atoms with Crippen LogP contribution in [0.25, 0.3) is 0 Å². The van der Waals surface area contributed by atoms with Crippen molar-refractivity contribution in [1.82, 2.24) is 0 Å². The molecule has 1 rings (SSSR count). The fourth-order valence-electron chi connectivity index (χ4n) is 1.46. The lowest BCUT2D eigenvalue weighted by Crippen LogP contribution is -2.09. The Morgan fingerprint density at radius 2 is 1.58 bits per heavy atom. The van der Waals surface area contributed by atoms with Crippen LogP contribution in [0, 0.1) is 13.8 Å². The summed E-state index contributed by atoms with van der Waals surface area (Å²) in [5, 5.41) is 8.66. The minimum absolute atomic E-state index is 0.00991. The number of halogens is 1. The Hall–Kier alpha value is -0.390. The summed E-state index contributed by atoms with van der Waals surface area (Å²) < 4.78 is 24.7. The van der Waals surface area contributed by atoms with Crippen LogP contribution in [0.3, 0.4) is 0 Å². The van der Waals surface area contributed by atoms with E-state index in [9.17, 15) is 8.42 Å². The Labute approximate surface area is 125 Å². The van der Waals surface area contributed by atoms with Gasteiger partial charge in [0.2, 0.25) is 0 Å². The molecule has 1 aromatic carbocycles. The maximum absolute atomic E-state index is 11.9. The molecule has 0 fully saturated rings. The molecule has 0 heterocycles. The van der Waals surface area contributed by atoms with Gasteiger partial charge in [-0.05, 0) is 43.5 Å². The lowest BCUT2D eigenvalue weighted by atomic mass is 10.2. The van der Waals surface area contributed by atoms with Gasteiger partial charge in [-0.2, -0.15) is 0 Å². The summed E-state index contributed by atoms with van der Waals surface area (Å²) >= 11 is 3.40. The molecule has 0 radical (unpaired) electrons. The van der Waals surface area contributed by atoms with Gasteiger partial charge in [0.05, 0.1) is 10.6 Å². The maximum atomic E-state index is 11.9. The maximum Gasteiger partial charge on any atom is 0.178 e. The van der Waals surface area contributed by atoms with Gasteiger partial charge >= 0.3 is 0 Å². The Balaban J connectivity index is 0.000000982. The van der Waals surface area contributed by atoms with Crippen LogP contribution in [-0.4, -0.2) is 25.9 Å². The van der Waals surface area contributed by atoms with E-state index in [2.05, 4.69) is 29.8 Å². The molecule has 0 saturated carbocycles. The standard InChI is InChI=1S/C11H15BrO3S.C3H8/c1-8-6-10(7-9(2)11(8)12)16(14,15)5-3-4-13;1-3-2/h6-7,13H,3-5H2,1-2H3;3H2,1-2H3. The molecule has 0 unspecified atom stereocenters. The molecule has 0 atom stereocenters. The number of rotatable bonds is 4. The van der Waals surface area contributed by atoms with Gasteiger partial charge in [-0.15, -0.1) is 0 Å². The Kier molecular flexibility index (Phi) is 8.54. The average molecular weight is 351 g/mol. The molecule has 0 aliphatic heterocycles. The number of aliphatic hydroxyl groups excluding tert-OH is 1. The van der Waals surface area contributed by atoms with Crippen molar-refractivity contribution in [3.05, 3.63) is 27.7 Å². The fraction of sp³-hybridized carbons (Fsp3) is 0.571. The summed E-state index contributed by atoms with van der Waals surface area (Å²) in [6, 6.07) is 3.31. The van der Waals surface area contributed by atoms with Crippen molar-refractivity contribution in [2.75, 3.05) is 12.4 Å². The van der Waals surface area contributed by atoms with Crippen LogP contribution < -0.4 is 0 Å². The van der Waals surface area contributed by atoms with E-state index >= 15 is 0 Å². The van der Waals surface area contributed by atoms with Gasteiger partial charge in [-0.3, -0.25) is 0 Å². The van der Waals surface area contributed by atoms with E-state index in [1.165, 1.54) is 6.42 Å². The van der Waals surface area contributed by atoms with Gasteiger partial charge in [-0.1, -0.05) is 36.2 Å². The highest BCUT2D eigenvalue weighted by Gasteiger charge is 2.15. The zero-order valence-electron chi connectivity index (χ0n) is 12.0. The minimum atomic E-state index is -3.27. The fourth-order valence-corrected chi connectivity index (χ4v) is 3.14. The highest BCUT2D eigenvalue weighted by atomic mass is 79.9. The molecule has 5 heteroatoms. The number of benzene rings is 1. The highest BCUT2D eigenvalue weighted by Crippen LogP contribution is 2.25. The third kappa shape index (κ3) is 6.06. The van der Waals surface area contributed by atoms with Gasteiger partial charge < -0.3 is 5.11 Å². The van der Waals surface area contributed by atoms with Crippen LogP contribution in [0.5, 0.6) is 0 Å². The van der Waals surface area contributed by atoms with E-state index < -0.39 is 9.84 Å². The second-order valence-corrected chi connectivity index (χ2v) is 7.38. The summed E-state index contributed by atoms with van der Waals surface area (Å²) in [7, 11) is -3.27. The molecule has 0 saturated heterocycles. The van der Waals surface area contributed by atoms with Crippen molar-refractivity contribution in [3.63, 3.8) is 0 Å². The van der Waals surface area contributed by atoms with Crippen LogP contribution in [0.15, 0.2) is 21.5 Å². The SMILES string of the molecule is CCC.Cc1cc(S(=O)(=O)CCCO)cc(C)c1Br. The molecule has 1 aromatic rings. The van der Waals surface area contributed by atoms with Crippen molar-refractivity contribution < 1.29 is 13.5 Å². The van der Waals surface area contributed by atoms with Crippen molar-refractivity contribution in [3.8, 4) is 0 Å². The number of sulfone groups is 1. The second kappa shape index (κ2) is 8.72. The first-order valence-corrected chi connectivity index (χ1v) is 8.85. The zero-order chi connectivity index (χ0) is 15.1. The molecule has 110 valence electrons. The van der Waals surface area contributed by atoms with Gasteiger partial charge in [-0.25, -0.2) is 8.42 Å². The summed E-state index contributed by atoms with van der Waals surface area (Å²) in [5.74, 6) is -0.00991. The predicted molar refractivity (Wildman–Crippen MR) is 83.3 cm³/mol. The lowest BCUT2D eigenvalue weighted by molar-refractivity contribution is 0.295. The highest BCUT2D eigenvalue weighted by molar-refractivity contribution is 9.10. The smallest absolute Gasteiger partial charge is 0.178 e. The third-order valence-corrected chi connectivity index (χ3v) is 5.37. The number of aryl methyl sites for hydroxylation is 2. The van der Waals surface area contributed by atoms with E-state index in [4.69, 9.17) is 5.11 Å². The van der Waals surface area contributed by atoms with E-state index in [0.29, 0.717) is 4.90 Å². The summed E-state index contributed by atoms with van der Waals surface area (Å²) in [5.41, 5.74) is 1.81. The van der Waals surface area contributed by atoms with Gasteiger partial charge in [0.1, 0.15) is 0 Å². The first kappa shape index (κ1) is 18.6. The molecule has 19 heavy (non-hydrogen) atoms. The van der Waals surface area contributed by atoms with Gasteiger partial charge in [0.25, 0.3) is 0 Å². The molecular formula is C14H23BrO3S. The normalized spacial score (nSPS) is 10.8. The van der Waals surface area contributed by atoms with E-state index in [1.807, 2.05) is 13.8 Å². The van der Waals surface area contributed by atoms with Gasteiger partial charge in [0, 0.05) is 11.1 Å². The van der Waals surface area contributed by atoms with E-state index in [0.717, 1.165) is 15.6 Å². The Morgan fingerprint density at radius 1 is 1.16 bits per heavy atom. The van der Waals surface area contributed by atoms with E-state index in [-0.39, 0.29) is 18.8 Å². The molecule has 3 nitrogen and oxygen atoms in total. The van der Waals surface area contributed by atoms with Gasteiger partial charge in [0.15, 0.2) is 9.84 Å². The van der Waals surface area contributed by atoms with Crippen molar-refractivity contribution in [2.45, 2.75) is 45.4 Å². The third-order valence-electron chi connectivity index (χ3n) is 2.34. The molecular weight excluding hydrogens is 328 g/mol. The molecule has 0 amide bonds. The average Bonchev–Trinajstić information content (AvgIpc) is 2.34. The van der Waals surface area contributed by atoms with Crippen LogP contribution in [-0.2, 0) is 9.84 Å².